The van der Waals surface area contributed by atoms with Crippen LogP contribution in [0, 0.1) is 5.21 Å². The maximum atomic E-state index is 12.3. The zero-order valence-corrected chi connectivity index (χ0v) is 15.1. The predicted molar refractivity (Wildman–Crippen MR) is 101 cm³/mol. The van der Waals surface area contributed by atoms with Gasteiger partial charge < -0.3 is 20.3 Å². The van der Waals surface area contributed by atoms with Gasteiger partial charge in [-0.05, 0) is 36.6 Å². The molecule has 1 saturated heterocycles. The van der Waals surface area contributed by atoms with Crippen molar-refractivity contribution in [3.8, 4) is 0 Å². The zero-order chi connectivity index (χ0) is 18.4. The molecule has 1 aromatic heterocycles. The number of benzene rings is 1. The average Bonchev–Trinajstić information content (AvgIpc) is 2.64. The van der Waals surface area contributed by atoms with Crippen LogP contribution >= 0.6 is 11.6 Å². The molecule has 2 aromatic rings. The molecule has 0 unspecified atom stereocenters. The molecule has 138 valence electrons. The topological polar surface area (TPSA) is 77.5 Å². The van der Waals surface area contributed by atoms with E-state index in [1.54, 1.807) is 24.4 Å². The molecule has 0 atom stereocenters. The summed E-state index contributed by atoms with van der Waals surface area (Å²) in [5.74, 6) is -0.168. The van der Waals surface area contributed by atoms with E-state index in [2.05, 4.69) is 10.3 Å². The number of carbonyl (C=O) groups excluding carboxylic acids is 1. The minimum atomic E-state index is -0.168. The number of anilines is 1. The predicted octanol–water partition coefficient (Wildman–Crippen LogP) is 3.40. The first-order valence-corrected chi connectivity index (χ1v) is 8.99. The third kappa shape index (κ3) is 5.25. The van der Waals surface area contributed by atoms with Crippen LogP contribution in [-0.4, -0.2) is 35.2 Å². The minimum Gasteiger partial charge on any atom is -0.785 e. The molecule has 0 spiro atoms. The second kappa shape index (κ2) is 9.09. The van der Waals surface area contributed by atoms with Crippen molar-refractivity contribution in [3.63, 3.8) is 0 Å². The molecule has 26 heavy (non-hydrogen) atoms. The number of hydrogen-bond donors (Lipinski definition) is 1. The first-order chi connectivity index (χ1) is 12.6. The van der Waals surface area contributed by atoms with E-state index in [0.29, 0.717) is 29.6 Å². The van der Waals surface area contributed by atoms with Gasteiger partial charge in [0.1, 0.15) is 0 Å². The van der Waals surface area contributed by atoms with Gasteiger partial charge in [-0.2, -0.15) is 0 Å². The highest BCUT2D eigenvalue weighted by atomic mass is 35.5. The van der Waals surface area contributed by atoms with Crippen LogP contribution in [-0.2, 0) is 22.5 Å². The van der Waals surface area contributed by atoms with Gasteiger partial charge in [-0.1, -0.05) is 29.8 Å². The van der Waals surface area contributed by atoms with E-state index in [9.17, 15) is 10.0 Å². The standard InChI is InChI=1S/C19H21ClN3O3/c20-18-4-2-1-3-14(18)11-19(24)22-15-5-8-21-16(12-15)13-23(25)17-6-9-26-10-7-17/h1-5,8,12,17H,6-7,9-11,13H2,(H,21,22,24)/q-1. The highest BCUT2D eigenvalue weighted by molar-refractivity contribution is 6.31. The van der Waals surface area contributed by atoms with Gasteiger partial charge in [-0.15, -0.1) is 0 Å². The summed E-state index contributed by atoms with van der Waals surface area (Å²) in [6, 6.07) is 10.6. The number of ether oxygens (including phenoxy) is 1. The number of pyridine rings is 1. The first kappa shape index (κ1) is 18.8. The summed E-state index contributed by atoms with van der Waals surface area (Å²) in [4.78, 5) is 16.5. The second-order valence-electron chi connectivity index (χ2n) is 6.27. The van der Waals surface area contributed by atoms with E-state index in [-0.39, 0.29) is 24.9 Å². The smallest absolute Gasteiger partial charge is 0.228 e. The van der Waals surface area contributed by atoms with Crippen molar-refractivity contribution in [2.45, 2.75) is 31.8 Å². The Labute approximate surface area is 157 Å². The van der Waals surface area contributed by atoms with Crippen molar-refractivity contribution >= 4 is 23.2 Å². The zero-order valence-electron chi connectivity index (χ0n) is 14.4. The third-order valence-corrected chi connectivity index (χ3v) is 4.69. The first-order valence-electron chi connectivity index (χ1n) is 8.61. The molecule has 0 saturated carbocycles. The maximum Gasteiger partial charge on any atom is 0.228 e. The van der Waals surface area contributed by atoms with Crippen LogP contribution in [0.4, 0.5) is 5.69 Å². The Kier molecular flexibility index (Phi) is 6.57. The van der Waals surface area contributed by atoms with Gasteiger partial charge in [0.15, 0.2) is 0 Å². The molecule has 0 aliphatic carbocycles. The number of nitrogens with zero attached hydrogens (tertiary/aromatic N) is 2. The summed E-state index contributed by atoms with van der Waals surface area (Å²) in [5, 5.41) is 16.8. The molecule has 0 bridgehead atoms. The van der Waals surface area contributed by atoms with E-state index in [0.717, 1.165) is 23.5 Å². The van der Waals surface area contributed by atoms with Gasteiger partial charge >= 0.3 is 0 Å². The van der Waals surface area contributed by atoms with E-state index in [4.69, 9.17) is 16.3 Å². The lowest BCUT2D eigenvalue weighted by Gasteiger charge is -2.39. The van der Waals surface area contributed by atoms with Crippen molar-refractivity contribution in [2.24, 2.45) is 0 Å². The SMILES string of the molecule is O=C(Cc1ccccc1Cl)Nc1ccnc(CN([O-])C2CCOCC2)c1. The Balaban J connectivity index is 1.58. The van der Waals surface area contributed by atoms with Crippen LogP contribution in [0.1, 0.15) is 24.1 Å². The van der Waals surface area contributed by atoms with Crippen molar-refractivity contribution < 1.29 is 9.53 Å². The molecule has 1 amide bonds. The van der Waals surface area contributed by atoms with Gasteiger partial charge in [-0.3, -0.25) is 9.78 Å². The van der Waals surface area contributed by atoms with Crippen molar-refractivity contribution in [2.75, 3.05) is 18.5 Å². The van der Waals surface area contributed by atoms with Crippen LogP contribution in [0.5, 0.6) is 0 Å². The Morgan fingerprint density at radius 1 is 1.31 bits per heavy atom. The number of hydroxylamine groups is 2. The second-order valence-corrected chi connectivity index (χ2v) is 6.68. The molecule has 1 N–H and O–H groups in total. The van der Waals surface area contributed by atoms with E-state index >= 15 is 0 Å². The highest BCUT2D eigenvalue weighted by Crippen LogP contribution is 2.18. The molecule has 6 nitrogen and oxygen atoms in total. The monoisotopic (exact) mass is 374 g/mol. The van der Waals surface area contributed by atoms with E-state index in [1.165, 1.54) is 0 Å². The van der Waals surface area contributed by atoms with Crippen LogP contribution in [0.15, 0.2) is 42.6 Å². The maximum absolute atomic E-state index is 12.3. The average molecular weight is 375 g/mol. The van der Waals surface area contributed by atoms with E-state index < -0.39 is 0 Å². The number of aromatic nitrogens is 1. The molecule has 1 fully saturated rings. The lowest BCUT2D eigenvalue weighted by molar-refractivity contribution is -0.115. The summed E-state index contributed by atoms with van der Waals surface area (Å²) >= 11 is 6.09. The molecule has 0 radical (unpaired) electrons. The summed E-state index contributed by atoms with van der Waals surface area (Å²) in [5.41, 5.74) is 2.01. The van der Waals surface area contributed by atoms with Gasteiger partial charge in [-0.25, -0.2) is 0 Å². The van der Waals surface area contributed by atoms with Crippen LogP contribution in [0.3, 0.4) is 0 Å². The summed E-state index contributed by atoms with van der Waals surface area (Å²) < 4.78 is 5.28. The highest BCUT2D eigenvalue weighted by Gasteiger charge is 2.16. The lowest BCUT2D eigenvalue weighted by Crippen LogP contribution is -2.35. The van der Waals surface area contributed by atoms with Gasteiger partial charge in [0.25, 0.3) is 0 Å². The van der Waals surface area contributed by atoms with Gasteiger partial charge in [0.05, 0.1) is 12.1 Å². The fourth-order valence-electron chi connectivity index (χ4n) is 2.92. The largest absolute Gasteiger partial charge is 0.785 e. The van der Waals surface area contributed by atoms with Crippen molar-refractivity contribution in [1.82, 2.24) is 10.0 Å². The number of carbonyl (C=O) groups is 1. The number of halogens is 1. The summed E-state index contributed by atoms with van der Waals surface area (Å²) in [7, 11) is 0. The summed E-state index contributed by atoms with van der Waals surface area (Å²) in [6.45, 7) is 1.43. The number of hydrogen-bond acceptors (Lipinski definition) is 5. The summed E-state index contributed by atoms with van der Waals surface area (Å²) in [6.07, 6.45) is 3.25. The van der Waals surface area contributed by atoms with Gasteiger partial charge in [0, 0.05) is 42.7 Å². The molecule has 7 heteroatoms. The molecule has 1 aliphatic heterocycles. The Morgan fingerprint density at radius 3 is 2.85 bits per heavy atom. The Morgan fingerprint density at radius 2 is 2.08 bits per heavy atom. The van der Waals surface area contributed by atoms with Crippen molar-refractivity contribution in [1.29, 1.82) is 0 Å². The quantitative estimate of drug-likeness (QED) is 0.784. The molecular weight excluding hydrogens is 354 g/mol. The number of nitrogens with one attached hydrogen (secondary N) is 1. The molecule has 1 aromatic carbocycles. The van der Waals surface area contributed by atoms with E-state index in [1.807, 2.05) is 18.2 Å². The molecule has 1 aliphatic rings. The lowest BCUT2D eigenvalue weighted by atomic mass is 10.1. The fraction of sp³-hybridized carbons (Fsp3) is 0.368. The minimum absolute atomic E-state index is 0.0379. The number of rotatable bonds is 6. The third-order valence-electron chi connectivity index (χ3n) is 4.33. The van der Waals surface area contributed by atoms with Crippen molar-refractivity contribution in [3.05, 3.63) is 64.1 Å². The molecule has 3 rings (SSSR count). The molecular formula is C19H21ClN3O3-. The number of amides is 1. The van der Waals surface area contributed by atoms with Crippen LogP contribution in [0.2, 0.25) is 5.02 Å². The van der Waals surface area contributed by atoms with Crippen LogP contribution in [0.25, 0.3) is 0 Å². The van der Waals surface area contributed by atoms with Crippen LogP contribution < -0.4 is 5.32 Å². The fourth-order valence-corrected chi connectivity index (χ4v) is 3.13. The van der Waals surface area contributed by atoms with Gasteiger partial charge in [0.2, 0.25) is 5.91 Å². The Bertz CT molecular complexity index is 750. The Hall–Kier alpha value is -1.99. The normalized spacial score (nSPS) is 15.2. The molecule has 2 heterocycles.